The minimum atomic E-state index is -0.909. The molecule has 2 aromatic rings. The lowest BCUT2D eigenvalue weighted by Crippen LogP contribution is -2.41. The second-order valence-corrected chi connectivity index (χ2v) is 6.43. The molecule has 23 heavy (non-hydrogen) atoms. The molecule has 1 unspecified atom stereocenters. The van der Waals surface area contributed by atoms with E-state index in [1.54, 1.807) is 14.0 Å². The number of nitrogens with one attached hydrogen (secondary N) is 2. The number of carboxylic acid groups (broad SMARTS) is 1. The second-order valence-electron chi connectivity index (χ2n) is 5.58. The van der Waals surface area contributed by atoms with Crippen molar-refractivity contribution < 1.29 is 14.7 Å². The van der Waals surface area contributed by atoms with E-state index in [-0.39, 0.29) is 12.6 Å². The average Bonchev–Trinajstić information content (AvgIpc) is 2.91. The number of nitrogens with zero attached hydrogens (tertiary/aromatic N) is 1. The van der Waals surface area contributed by atoms with E-state index < -0.39 is 11.9 Å². The third-order valence-electron chi connectivity index (χ3n) is 3.72. The molecule has 0 aliphatic carbocycles. The van der Waals surface area contributed by atoms with Gasteiger partial charge in [0.15, 0.2) is 0 Å². The van der Waals surface area contributed by atoms with Crippen molar-refractivity contribution in [3.63, 3.8) is 0 Å². The number of carbonyl (C=O) groups is 2. The SMILES string of the molecule is CC(CN(C)C(=O)NCCc1c[nH]c2cccc(Br)c12)C(=O)O. The van der Waals surface area contributed by atoms with Gasteiger partial charge in [-0.3, -0.25) is 4.79 Å². The third kappa shape index (κ3) is 4.25. The molecular weight excluding hydrogens is 362 g/mol. The molecule has 124 valence electrons. The van der Waals surface area contributed by atoms with Crippen molar-refractivity contribution in [3.8, 4) is 0 Å². The molecule has 6 nitrogen and oxygen atoms in total. The van der Waals surface area contributed by atoms with Gasteiger partial charge in [0.1, 0.15) is 0 Å². The first-order chi connectivity index (χ1) is 10.9. The fraction of sp³-hybridized carbons (Fsp3) is 0.375. The first-order valence-corrected chi connectivity index (χ1v) is 8.15. The summed E-state index contributed by atoms with van der Waals surface area (Å²) in [4.78, 5) is 27.4. The number of aliphatic carboxylic acids is 1. The number of aromatic amines is 1. The van der Waals surface area contributed by atoms with E-state index in [2.05, 4.69) is 26.2 Å². The number of benzene rings is 1. The van der Waals surface area contributed by atoms with Gasteiger partial charge in [-0.05, 0) is 24.1 Å². The Morgan fingerprint density at radius 3 is 2.87 bits per heavy atom. The van der Waals surface area contributed by atoms with Crippen molar-refractivity contribution in [1.82, 2.24) is 15.2 Å². The van der Waals surface area contributed by atoms with Crippen LogP contribution in [-0.2, 0) is 11.2 Å². The normalized spacial score (nSPS) is 12.1. The van der Waals surface area contributed by atoms with Gasteiger partial charge in [0.25, 0.3) is 0 Å². The van der Waals surface area contributed by atoms with Crippen LogP contribution in [0, 0.1) is 5.92 Å². The first kappa shape index (κ1) is 17.3. The van der Waals surface area contributed by atoms with Crippen LogP contribution in [0.15, 0.2) is 28.9 Å². The van der Waals surface area contributed by atoms with Crippen molar-refractivity contribution in [1.29, 1.82) is 0 Å². The molecular formula is C16H20BrN3O3. The van der Waals surface area contributed by atoms with Gasteiger partial charge in [0, 0.05) is 41.7 Å². The number of urea groups is 1. The molecule has 2 amide bonds. The summed E-state index contributed by atoms with van der Waals surface area (Å²) in [6.45, 7) is 2.24. The fourth-order valence-corrected chi connectivity index (χ4v) is 3.04. The minimum Gasteiger partial charge on any atom is -0.481 e. The van der Waals surface area contributed by atoms with Gasteiger partial charge in [-0.1, -0.05) is 28.9 Å². The topological polar surface area (TPSA) is 85.4 Å². The average molecular weight is 382 g/mol. The highest BCUT2D eigenvalue weighted by Gasteiger charge is 2.17. The summed E-state index contributed by atoms with van der Waals surface area (Å²) >= 11 is 3.54. The smallest absolute Gasteiger partial charge is 0.317 e. The highest BCUT2D eigenvalue weighted by molar-refractivity contribution is 9.10. The van der Waals surface area contributed by atoms with E-state index in [9.17, 15) is 9.59 Å². The Balaban J connectivity index is 1.89. The Morgan fingerprint density at radius 2 is 2.17 bits per heavy atom. The van der Waals surface area contributed by atoms with Crippen molar-refractivity contribution in [2.45, 2.75) is 13.3 Å². The van der Waals surface area contributed by atoms with Crippen LogP contribution >= 0.6 is 15.9 Å². The van der Waals surface area contributed by atoms with E-state index in [4.69, 9.17) is 5.11 Å². The number of amides is 2. The highest BCUT2D eigenvalue weighted by Crippen LogP contribution is 2.26. The minimum absolute atomic E-state index is 0.180. The van der Waals surface area contributed by atoms with Crippen LogP contribution in [0.3, 0.4) is 0 Å². The molecule has 2 rings (SSSR count). The number of carboxylic acids is 1. The summed E-state index contributed by atoms with van der Waals surface area (Å²) in [5, 5.41) is 12.8. The molecule has 0 saturated carbocycles. The molecule has 1 aromatic heterocycles. The van der Waals surface area contributed by atoms with Gasteiger partial charge in [-0.15, -0.1) is 0 Å². The van der Waals surface area contributed by atoms with Gasteiger partial charge < -0.3 is 20.3 Å². The van der Waals surface area contributed by atoms with Crippen LogP contribution in [0.5, 0.6) is 0 Å². The Hall–Kier alpha value is -2.02. The lowest BCUT2D eigenvalue weighted by molar-refractivity contribution is -0.141. The zero-order valence-electron chi connectivity index (χ0n) is 13.1. The zero-order valence-corrected chi connectivity index (χ0v) is 14.7. The molecule has 1 heterocycles. The maximum absolute atomic E-state index is 12.0. The van der Waals surface area contributed by atoms with Crippen LogP contribution < -0.4 is 5.32 Å². The van der Waals surface area contributed by atoms with Crippen LogP contribution in [0.1, 0.15) is 12.5 Å². The van der Waals surface area contributed by atoms with E-state index in [1.807, 2.05) is 24.4 Å². The largest absolute Gasteiger partial charge is 0.481 e. The number of hydrogen-bond acceptors (Lipinski definition) is 2. The third-order valence-corrected chi connectivity index (χ3v) is 4.38. The molecule has 1 atom stereocenters. The predicted octanol–water partition coefficient (Wildman–Crippen LogP) is 2.83. The van der Waals surface area contributed by atoms with E-state index in [1.165, 1.54) is 4.90 Å². The maximum atomic E-state index is 12.0. The van der Waals surface area contributed by atoms with Crippen LogP contribution in [0.25, 0.3) is 10.9 Å². The molecule has 0 radical (unpaired) electrons. The van der Waals surface area contributed by atoms with E-state index >= 15 is 0 Å². The number of fused-ring (bicyclic) bond motifs is 1. The van der Waals surface area contributed by atoms with Gasteiger partial charge in [0.05, 0.1) is 5.92 Å². The molecule has 0 aliphatic rings. The van der Waals surface area contributed by atoms with E-state index in [0.717, 1.165) is 20.9 Å². The van der Waals surface area contributed by atoms with Gasteiger partial charge >= 0.3 is 12.0 Å². The fourth-order valence-electron chi connectivity index (χ4n) is 2.42. The summed E-state index contributed by atoms with van der Waals surface area (Å²) in [7, 11) is 1.59. The standard InChI is InChI=1S/C16H20BrN3O3/c1-10(15(21)22)9-20(2)16(23)18-7-6-11-8-19-13-5-3-4-12(17)14(11)13/h3-5,8,10,19H,6-7,9H2,1-2H3,(H,18,23)(H,21,22). The van der Waals surface area contributed by atoms with Crippen molar-refractivity contribution in [2.24, 2.45) is 5.92 Å². The highest BCUT2D eigenvalue weighted by atomic mass is 79.9. The summed E-state index contributed by atoms with van der Waals surface area (Å²) in [5.74, 6) is -1.50. The summed E-state index contributed by atoms with van der Waals surface area (Å²) in [6, 6.07) is 5.69. The molecule has 3 N–H and O–H groups in total. The number of carbonyl (C=O) groups excluding carboxylic acids is 1. The zero-order chi connectivity index (χ0) is 17.0. The summed E-state index contributed by atoms with van der Waals surface area (Å²) < 4.78 is 1.02. The predicted molar refractivity (Wildman–Crippen MR) is 92.5 cm³/mol. The van der Waals surface area contributed by atoms with Crippen molar-refractivity contribution >= 4 is 38.8 Å². The van der Waals surface area contributed by atoms with E-state index in [0.29, 0.717) is 13.0 Å². The quantitative estimate of drug-likeness (QED) is 0.718. The number of hydrogen-bond donors (Lipinski definition) is 3. The maximum Gasteiger partial charge on any atom is 0.317 e. The molecule has 0 saturated heterocycles. The summed E-state index contributed by atoms with van der Waals surface area (Å²) in [5.41, 5.74) is 2.17. The Labute approximate surface area is 143 Å². The van der Waals surface area contributed by atoms with Gasteiger partial charge in [-0.25, -0.2) is 4.79 Å². The van der Waals surface area contributed by atoms with Gasteiger partial charge in [-0.2, -0.15) is 0 Å². The Bertz CT molecular complexity index is 714. The number of halogens is 1. The molecule has 0 spiro atoms. The Morgan fingerprint density at radius 1 is 1.43 bits per heavy atom. The molecule has 0 aliphatic heterocycles. The Kier molecular flexibility index (Phi) is 5.65. The summed E-state index contributed by atoms with van der Waals surface area (Å²) in [6.07, 6.45) is 2.63. The van der Waals surface area contributed by atoms with Crippen LogP contribution in [0.2, 0.25) is 0 Å². The van der Waals surface area contributed by atoms with Crippen molar-refractivity contribution in [3.05, 3.63) is 34.4 Å². The number of aromatic nitrogens is 1. The second kappa shape index (κ2) is 7.50. The lowest BCUT2D eigenvalue weighted by Gasteiger charge is -2.19. The first-order valence-electron chi connectivity index (χ1n) is 7.36. The molecule has 0 fully saturated rings. The number of rotatable bonds is 6. The van der Waals surface area contributed by atoms with Crippen LogP contribution in [-0.4, -0.2) is 47.1 Å². The lowest BCUT2D eigenvalue weighted by atomic mass is 10.1. The number of H-pyrrole nitrogens is 1. The molecule has 1 aromatic carbocycles. The molecule has 7 heteroatoms. The monoisotopic (exact) mass is 381 g/mol. The van der Waals surface area contributed by atoms with Gasteiger partial charge in [0.2, 0.25) is 0 Å². The van der Waals surface area contributed by atoms with Crippen molar-refractivity contribution in [2.75, 3.05) is 20.1 Å². The molecule has 0 bridgehead atoms. The van der Waals surface area contributed by atoms with Crippen LogP contribution in [0.4, 0.5) is 4.79 Å².